The summed E-state index contributed by atoms with van der Waals surface area (Å²) in [4.78, 5) is 11.6. The van der Waals surface area contributed by atoms with Gasteiger partial charge in [-0.25, -0.2) is 0 Å². The fourth-order valence-electron chi connectivity index (χ4n) is 0.938. The topological polar surface area (TPSA) is 29.5 Å². The van der Waals surface area contributed by atoms with E-state index in [1.54, 1.807) is 13.8 Å². The molecule has 0 radical (unpaired) electrons. The number of halogens is 2. The van der Waals surface area contributed by atoms with Crippen molar-refractivity contribution in [3.63, 3.8) is 0 Å². The number of hydrogen-bond acceptors (Lipinski definition) is 2. The monoisotopic (exact) mass is 209 g/mol. The summed E-state index contributed by atoms with van der Waals surface area (Å²) >= 11 is 10.8. The zero-order chi connectivity index (χ0) is 9.35. The summed E-state index contributed by atoms with van der Waals surface area (Å²) in [5.41, 5.74) is -0.681. The standard InChI is InChI=1S/C7H9Cl2NO2/c1-7(2)10(3-4-12-7)6(11)5(8)9/h3-5H,1-2H3. The Morgan fingerprint density at radius 2 is 2.17 bits per heavy atom. The van der Waals surface area contributed by atoms with Crippen LogP contribution in [-0.2, 0) is 9.53 Å². The van der Waals surface area contributed by atoms with Gasteiger partial charge in [0.15, 0.2) is 10.6 Å². The quantitative estimate of drug-likeness (QED) is 0.618. The minimum atomic E-state index is -1.05. The molecule has 1 heterocycles. The fraction of sp³-hybridized carbons (Fsp3) is 0.571. The molecule has 0 aromatic rings. The maximum atomic E-state index is 11.3. The Kier molecular flexibility index (Phi) is 2.54. The van der Waals surface area contributed by atoms with Crippen molar-refractivity contribution in [2.75, 3.05) is 0 Å². The number of carbonyl (C=O) groups excluding carboxylic acids is 1. The molecule has 1 rings (SSSR count). The molecule has 0 aromatic carbocycles. The second-order valence-corrected chi connectivity index (χ2v) is 3.95. The van der Waals surface area contributed by atoms with E-state index in [1.807, 2.05) is 0 Å². The molecule has 0 N–H and O–H groups in total. The summed E-state index contributed by atoms with van der Waals surface area (Å²) in [6.45, 7) is 3.50. The summed E-state index contributed by atoms with van der Waals surface area (Å²) in [6.07, 6.45) is 2.95. The first-order valence-electron chi connectivity index (χ1n) is 3.41. The van der Waals surface area contributed by atoms with Crippen molar-refractivity contribution in [2.45, 2.75) is 24.4 Å². The fourth-order valence-corrected chi connectivity index (χ4v) is 1.15. The van der Waals surface area contributed by atoms with Crippen molar-refractivity contribution in [3.8, 4) is 0 Å². The van der Waals surface area contributed by atoms with Crippen LogP contribution >= 0.6 is 23.2 Å². The molecule has 5 heteroatoms. The van der Waals surface area contributed by atoms with Crippen molar-refractivity contribution in [1.29, 1.82) is 0 Å². The first-order chi connectivity index (χ1) is 5.45. The molecule has 0 saturated heterocycles. The van der Waals surface area contributed by atoms with E-state index in [2.05, 4.69) is 0 Å². The highest BCUT2D eigenvalue weighted by molar-refractivity contribution is 6.53. The first kappa shape index (κ1) is 9.68. The number of nitrogens with zero attached hydrogens (tertiary/aromatic N) is 1. The van der Waals surface area contributed by atoms with Gasteiger partial charge in [-0.3, -0.25) is 9.69 Å². The van der Waals surface area contributed by atoms with Crippen LogP contribution in [-0.4, -0.2) is 21.4 Å². The maximum absolute atomic E-state index is 11.3. The van der Waals surface area contributed by atoms with E-state index in [-0.39, 0.29) is 5.91 Å². The Morgan fingerprint density at radius 3 is 2.50 bits per heavy atom. The molecule has 0 aliphatic carbocycles. The van der Waals surface area contributed by atoms with Crippen LogP contribution in [0.5, 0.6) is 0 Å². The lowest BCUT2D eigenvalue weighted by molar-refractivity contribution is -0.139. The Labute approximate surface area is 80.9 Å². The third-order valence-electron chi connectivity index (χ3n) is 1.57. The molecular formula is C7H9Cl2NO2. The molecule has 1 aliphatic heterocycles. The number of rotatable bonds is 1. The van der Waals surface area contributed by atoms with Crippen LogP contribution < -0.4 is 0 Å². The van der Waals surface area contributed by atoms with E-state index in [0.29, 0.717) is 0 Å². The van der Waals surface area contributed by atoms with Crippen molar-refractivity contribution in [1.82, 2.24) is 4.90 Å². The molecular weight excluding hydrogens is 201 g/mol. The minimum Gasteiger partial charge on any atom is -0.474 e. The highest BCUT2D eigenvalue weighted by atomic mass is 35.5. The van der Waals surface area contributed by atoms with E-state index < -0.39 is 10.6 Å². The summed E-state index contributed by atoms with van der Waals surface area (Å²) in [5.74, 6) is -0.378. The maximum Gasteiger partial charge on any atom is 0.263 e. The molecule has 0 atom stereocenters. The molecule has 0 unspecified atom stereocenters. The van der Waals surface area contributed by atoms with Crippen LogP contribution in [0.4, 0.5) is 0 Å². The van der Waals surface area contributed by atoms with Crippen molar-refractivity contribution in [3.05, 3.63) is 12.5 Å². The molecule has 0 fully saturated rings. The molecule has 1 aliphatic rings. The lowest BCUT2D eigenvalue weighted by atomic mass is 10.3. The number of hydrogen-bond donors (Lipinski definition) is 0. The molecule has 68 valence electrons. The highest BCUT2D eigenvalue weighted by Gasteiger charge is 2.36. The highest BCUT2D eigenvalue weighted by Crippen LogP contribution is 2.25. The molecule has 0 bridgehead atoms. The van der Waals surface area contributed by atoms with Gasteiger partial charge in [0.1, 0.15) is 6.26 Å². The predicted molar refractivity (Wildman–Crippen MR) is 46.6 cm³/mol. The third kappa shape index (κ3) is 1.67. The molecule has 12 heavy (non-hydrogen) atoms. The van der Waals surface area contributed by atoms with Gasteiger partial charge in [0.2, 0.25) is 0 Å². The Bertz CT molecular complexity index is 225. The van der Waals surface area contributed by atoms with Gasteiger partial charge < -0.3 is 4.74 Å². The molecule has 0 spiro atoms. The van der Waals surface area contributed by atoms with Crippen LogP contribution in [0.3, 0.4) is 0 Å². The van der Waals surface area contributed by atoms with Crippen LogP contribution in [0.2, 0.25) is 0 Å². The predicted octanol–water partition coefficient (Wildman–Crippen LogP) is 1.86. The Hall–Kier alpha value is -0.410. The van der Waals surface area contributed by atoms with E-state index in [4.69, 9.17) is 27.9 Å². The summed E-state index contributed by atoms with van der Waals surface area (Å²) < 4.78 is 5.13. The first-order valence-corrected chi connectivity index (χ1v) is 4.28. The van der Waals surface area contributed by atoms with Crippen molar-refractivity contribution >= 4 is 29.1 Å². The van der Waals surface area contributed by atoms with Gasteiger partial charge in [0.25, 0.3) is 5.91 Å². The lowest BCUT2D eigenvalue weighted by Crippen LogP contribution is -2.44. The normalized spacial score (nSPS) is 19.9. The van der Waals surface area contributed by atoms with E-state index in [9.17, 15) is 4.79 Å². The number of carbonyl (C=O) groups is 1. The minimum absolute atomic E-state index is 0.378. The van der Waals surface area contributed by atoms with Crippen LogP contribution in [0.25, 0.3) is 0 Å². The van der Waals surface area contributed by atoms with Crippen LogP contribution in [0.1, 0.15) is 13.8 Å². The number of amides is 1. The van der Waals surface area contributed by atoms with Gasteiger partial charge in [0, 0.05) is 6.20 Å². The van der Waals surface area contributed by atoms with Gasteiger partial charge in [-0.05, 0) is 13.8 Å². The van der Waals surface area contributed by atoms with Gasteiger partial charge in [-0.1, -0.05) is 23.2 Å². The average molecular weight is 210 g/mol. The van der Waals surface area contributed by atoms with Crippen LogP contribution in [0, 0.1) is 0 Å². The zero-order valence-electron chi connectivity index (χ0n) is 6.75. The zero-order valence-corrected chi connectivity index (χ0v) is 8.26. The molecule has 0 saturated carbocycles. The van der Waals surface area contributed by atoms with E-state index >= 15 is 0 Å². The van der Waals surface area contributed by atoms with Gasteiger partial charge in [-0.15, -0.1) is 0 Å². The van der Waals surface area contributed by atoms with Crippen molar-refractivity contribution < 1.29 is 9.53 Å². The smallest absolute Gasteiger partial charge is 0.263 e. The molecule has 3 nitrogen and oxygen atoms in total. The second kappa shape index (κ2) is 3.15. The SMILES string of the molecule is CC1(C)OC=CN1C(=O)C(Cl)Cl. The van der Waals surface area contributed by atoms with E-state index in [1.165, 1.54) is 17.4 Å². The summed E-state index contributed by atoms with van der Waals surface area (Å²) in [5, 5.41) is 0. The van der Waals surface area contributed by atoms with Gasteiger partial charge in [-0.2, -0.15) is 0 Å². The largest absolute Gasteiger partial charge is 0.474 e. The Balaban J connectivity index is 2.75. The van der Waals surface area contributed by atoms with Crippen molar-refractivity contribution in [2.24, 2.45) is 0 Å². The van der Waals surface area contributed by atoms with Gasteiger partial charge in [0.05, 0.1) is 0 Å². The summed E-state index contributed by atoms with van der Waals surface area (Å²) in [6, 6.07) is 0. The second-order valence-electron chi connectivity index (χ2n) is 2.86. The molecule has 1 amide bonds. The average Bonchev–Trinajstić information content (AvgIpc) is 2.27. The third-order valence-corrected chi connectivity index (χ3v) is 1.94. The van der Waals surface area contributed by atoms with E-state index in [0.717, 1.165) is 0 Å². The summed E-state index contributed by atoms with van der Waals surface area (Å²) in [7, 11) is 0. The molecule has 0 aromatic heterocycles. The number of ether oxygens (including phenoxy) is 1. The lowest BCUT2D eigenvalue weighted by Gasteiger charge is -2.29. The Morgan fingerprint density at radius 1 is 1.58 bits per heavy atom. The number of alkyl halides is 2. The van der Waals surface area contributed by atoms with Crippen LogP contribution in [0.15, 0.2) is 12.5 Å². The van der Waals surface area contributed by atoms with Gasteiger partial charge >= 0.3 is 0 Å².